The Kier molecular flexibility index (Phi) is 5.38. The van der Waals surface area contributed by atoms with E-state index in [2.05, 4.69) is 5.32 Å². The molecule has 0 aliphatic carbocycles. The number of benzene rings is 2. The number of nitrogens with zero attached hydrogens (tertiary/aromatic N) is 1. The molecule has 2 N–H and O–H groups in total. The molecule has 7 nitrogen and oxygen atoms in total. The lowest BCUT2D eigenvalue weighted by Crippen LogP contribution is -2.29. The molecule has 0 saturated heterocycles. The minimum Gasteiger partial charge on any atom is -0.493 e. The Morgan fingerprint density at radius 1 is 1.30 bits per heavy atom. The smallest absolute Gasteiger partial charge is 0.303 e. The molecule has 1 aliphatic rings. The molecule has 0 saturated carbocycles. The number of fused-ring (bicyclic) bond motifs is 1. The summed E-state index contributed by atoms with van der Waals surface area (Å²) in [5.41, 5.74) is 2.15. The second-order valence-corrected chi connectivity index (χ2v) is 6.22. The summed E-state index contributed by atoms with van der Waals surface area (Å²) in [4.78, 5) is 23.5. The summed E-state index contributed by atoms with van der Waals surface area (Å²) in [6.45, 7) is 0.259. The number of carbonyl (C=O) groups excluding carboxylic acids is 1. The van der Waals surface area contributed by atoms with Crippen LogP contribution in [0.1, 0.15) is 34.0 Å². The van der Waals surface area contributed by atoms with Crippen molar-refractivity contribution < 1.29 is 24.2 Å². The largest absolute Gasteiger partial charge is 0.493 e. The van der Waals surface area contributed by atoms with E-state index in [1.807, 2.05) is 6.07 Å². The maximum absolute atomic E-state index is 12.4. The van der Waals surface area contributed by atoms with Crippen LogP contribution < -0.4 is 10.1 Å². The first-order chi connectivity index (χ1) is 13.0. The molecule has 2 unspecified atom stereocenters. The second kappa shape index (κ2) is 7.89. The molecule has 1 amide bonds. The number of carboxylic acids is 1. The average Bonchev–Trinajstić information content (AvgIpc) is 2.67. The molecule has 7 heteroatoms. The third-order valence-corrected chi connectivity index (χ3v) is 4.42. The van der Waals surface area contributed by atoms with Gasteiger partial charge in [0.05, 0.1) is 30.8 Å². The first-order valence-electron chi connectivity index (χ1n) is 8.34. The highest BCUT2D eigenvalue weighted by molar-refractivity contribution is 6.04. The molecule has 0 radical (unpaired) electrons. The number of rotatable bonds is 5. The molecule has 2 aromatic rings. The number of carbonyl (C=O) groups is 2. The molecule has 2 aromatic carbocycles. The fourth-order valence-electron chi connectivity index (χ4n) is 3.13. The van der Waals surface area contributed by atoms with E-state index in [0.717, 1.165) is 0 Å². The van der Waals surface area contributed by atoms with E-state index in [1.165, 1.54) is 7.11 Å². The van der Waals surface area contributed by atoms with Crippen LogP contribution in [0.25, 0.3) is 0 Å². The molecular weight excluding hydrogens is 348 g/mol. The number of ether oxygens (including phenoxy) is 2. The number of hydrogen-bond donors (Lipinski definition) is 2. The number of nitrogens with one attached hydrogen (secondary N) is 1. The van der Waals surface area contributed by atoms with E-state index < -0.39 is 12.1 Å². The number of nitriles is 1. The molecular formula is C20H18N2O5. The lowest BCUT2D eigenvalue weighted by atomic mass is 9.90. The fourth-order valence-corrected chi connectivity index (χ4v) is 3.13. The van der Waals surface area contributed by atoms with Crippen LogP contribution in [0.4, 0.5) is 5.69 Å². The Morgan fingerprint density at radius 3 is 2.67 bits per heavy atom. The van der Waals surface area contributed by atoms with E-state index in [4.69, 9.17) is 19.8 Å². The second-order valence-electron chi connectivity index (χ2n) is 6.22. The lowest BCUT2D eigenvalue weighted by Gasteiger charge is -2.32. The van der Waals surface area contributed by atoms with Crippen LogP contribution in [0.3, 0.4) is 0 Å². The van der Waals surface area contributed by atoms with Crippen LogP contribution >= 0.6 is 0 Å². The number of anilines is 1. The van der Waals surface area contributed by atoms with Crippen molar-refractivity contribution in [2.75, 3.05) is 19.0 Å². The van der Waals surface area contributed by atoms with Crippen LogP contribution in [-0.2, 0) is 9.53 Å². The number of aliphatic carboxylic acids is 1. The third-order valence-electron chi connectivity index (χ3n) is 4.42. The maximum Gasteiger partial charge on any atom is 0.303 e. The number of amides is 1. The first-order valence-corrected chi connectivity index (χ1v) is 8.34. The minimum atomic E-state index is -0.917. The van der Waals surface area contributed by atoms with Crippen molar-refractivity contribution in [1.29, 1.82) is 5.26 Å². The Hall–Kier alpha value is -3.37. The molecule has 3 rings (SSSR count). The zero-order valence-electron chi connectivity index (χ0n) is 14.6. The van der Waals surface area contributed by atoms with Crippen LogP contribution in [0.15, 0.2) is 42.5 Å². The van der Waals surface area contributed by atoms with Gasteiger partial charge in [0.1, 0.15) is 5.75 Å². The summed E-state index contributed by atoms with van der Waals surface area (Å²) >= 11 is 0. The van der Waals surface area contributed by atoms with Gasteiger partial charge in [-0.1, -0.05) is 0 Å². The molecule has 1 aliphatic heterocycles. The molecule has 0 fully saturated rings. The van der Waals surface area contributed by atoms with E-state index in [1.54, 1.807) is 42.5 Å². The van der Waals surface area contributed by atoms with Gasteiger partial charge in [0, 0.05) is 29.8 Å². The van der Waals surface area contributed by atoms with Crippen molar-refractivity contribution in [3.63, 3.8) is 0 Å². The van der Waals surface area contributed by atoms with Gasteiger partial charge in [-0.3, -0.25) is 9.59 Å². The van der Waals surface area contributed by atoms with Gasteiger partial charge in [0.15, 0.2) is 0 Å². The standard InChI is InChI=1S/C20H18N2O5/c1-26-19-14(8-18(23)24)11-27-17-7-6-15(9-16(17)19)22-20(25)13-4-2-12(10-21)3-5-13/h2-7,9,14,19H,8,11H2,1H3,(H,22,25)(H,23,24). The number of hydrogen-bond acceptors (Lipinski definition) is 5. The maximum atomic E-state index is 12.4. The number of methoxy groups -OCH3 is 1. The third kappa shape index (κ3) is 4.07. The minimum absolute atomic E-state index is 0.0697. The molecule has 27 heavy (non-hydrogen) atoms. The van der Waals surface area contributed by atoms with Crippen molar-refractivity contribution in [3.8, 4) is 11.8 Å². The molecule has 1 heterocycles. The fraction of sp³-hybridized carbons (Fsp3) is 0.250. The molecule has 138 valence electrons. The van der Waals surface area contributed by atoms with Gasteiger partial charge < -0.3 is 19.9 Å². The molecule has 0 aromatic heterocycles. The lowest BCUT2D eigenvalue weighted by molar-refractivity contribution is -0.140. The van der Waals surface area contributed by atoms with E-state index in [0.29, 0.717) is 28.1 Å². The molecule has 0 spiro atoms. The van der Waals surface area contributed by atoms with Crippen molar-refractivity contribution in [3.05, 3.63) is 59.2 Å². The predicted molar refractivity (Wildman–Crippen MR) is 96.5 cm³/mol. The summed E-state index contributed by atoms with van der Waals surface area (Å²) in [7, 11) is 1.52. The molecule has 0 bridgehead atoms. The summed E-state index contributed by atoms with van der Waals surface area (Å²) in [5.74, 6) is -0.934. The Morgan fingerprint density at radius 2 is 2.04 bits per heavy atom. The van der Waals surface area contributed by atoms with Gasteiger partial charge in [0.2, 0.25) is 0 Å². The van der Waals surface area contributed by atoms with Crippen LogP contribution in [0.2, 0.25) is 0 Å². The van der Waals surface area contributed by atoms with E-state index >= 15 is 0 Å². The zero-order valence-corrected chi connectivity index (χ0v) is 14.6. The monoisotopic (exact) mass is 366 g/mol. The van der Waals surface area contributed by atoms with Crippen molar-refractivity contribution in [2.45, 2.75) is 12.5 Å². The topological polar surface area (TPSA) is 109 Å². The SMILES string of the molecule is COC1c2cc(NC(=O)c3ccc(C#N)cc3)ccc2OCC1CC(=O)O. The van der Waals surface area contributed by atoms with Crippen molar-refractivity contribution >= 4 is 17.6 Å². The van der Waals surface area contributed by atoms with Gasteiger partial charge in [-0.25, -0.2) is 0 Å². The summed E-state index contributed by atoms with van der Waals surface area (Å²) in [5, 5.41) is 20.7. The highest BCUT2D eigenvalue weighted by Crippen LogP contribution is 2.40. The summed E-state index contributed by atoms with van der Waals surface area (Å²) in [6, 6.07) is 13.5. The van der Waals surface area contributed by atoms with Gasteiger partial charge in [0.25, 0.3) is 5.91 Å². The first kappa shape index (κ1) is 18.4. The Labute approximate surface area is 156 Å². The predicted octanol–water partition coefficient (Wildman–Crippen LogP) is 2.98. The highest BCUT2D eigenvalue weighted by Gasteiger charge is 2.33. The van der Waals surface area contributed by atoms with E-state index in [-0.39, 0.29) is 24.9 Å². The zero-order chi connectivity index (χ0) is 19.4. The number of carboxylic acid groups (broad SMARTS) is 1. The van der Waals surface area contributed by atoms with Crippen LogP contribution in [0, 0.1) is 17.2 Å². The van der Waals surface area contributed by atoms with Crippen molar-refractivity contribution in [1.82, 2.24) is 0 Å². The quantitative estimate of drug-likeness (QED) is 0.842. The van der Waals surface area contributed by atoms with Crippen LogP contribution in [0.5, 0.6) is 5.75 Å². The van der Waals surface area contributed by atoms with Gasteiger partial charge >= 0.3 is 5.97 Å². The molecule has 2 atom stereocenters. The average molecular weight is 366 g/mol. The summed E-state index contributed by atoms with van der Waals surface area (Å²) in [6.07, 6.45) is -0.503. The normalized spacial score (nSPS) is 17.9. The Bertz CT molecular complexity index is 902. The van der Waals surface area contributed by atoms with Gasteiger partial charge in [-0.2, -0.15) is 5.26 Å². The van der Waals surface area contributed by atoms with Gasteiger partial charge in [-0.05, 0) is 42.5 Å². The van der Waals surface area contributed by atoms with E-state index in [9.17, 15) is 9.59 Å². The Balaban J connectivity index is 1.81. The highest BCUT2D eigenvalue weighted by atomic mass is 16.5. The van der Waals surface area contributed by atoms with Crippen molar-refractivity contribution in [2.24, 2.45) is 5.92 Å². The van der Waals surface area contributed by atoms with Crippen LogP contribution in [-0.4, -0.2) is 30.7 Å². The summed E-state index contributed by atoms with van der Waals surface area (Å²) < 4.78 is 11.2. The van der Waals surface area contributed by atoms with Gasteiger partial charge in [-0.15, -0.1) is 0 Å².